The highest BCUT2D eigenvalue weighted by molar-refractivity contribution is 5.56. The number of rotatable bonds is 5. The Bertz CT molecular complexity index is 527. The molecule has 99 valence electrons. The van der Waals surface area contributed by atoms with E-state index in [0.29, 0.717) is 0 Å². The highest BCUT2D eigenvalue weighted by atomic mass is 16.5. The Morgan fingerprint density at radius 2 is 1.21 bits per heavy atom. The molecule has 0 fully saturated rings. The molecule has 19 heavy (non-hydrogen) atoms. The predicted molar refractivity (Wildman–Crippen MR) is 75.0 cm³/mol. The third kappa shape index (κ3) is 2.81. The summed E-state index contributed by atoms with van der Waals surface area (Å²) in [5.74, 6) is 2.35. The topological polar surface area (TPSA) is 27.7 Å². The van der Waals surface area contributed by atoms with Gasteiger partial charge in [0.05, 0.1) is 21.3 Å². The third-order valence-electron chi connectivity index (χ3n) is 2.90. The average molecular weight is 257 g/mol. The highest BCUT2D eigenvalue weighted by Crippen LogP contribution is 2.34. The first kappa shape index (κ1) is 13.3. The van der Waals surface area contributed by atoms with Gasteiger partial charge >= 0.3 is 0 Å². The van der Waals surface area contributed by atoms with Crippen molar-refractivity contribution in [2.24, 2.45) is 0 Å². The zero-order valence-corrected chi connectivity index (χ0v) is 11.3. The van der Waals surface area contributed by atoms with Crippen LogP contribution < -0.4 is 14.2 Å². The zero-order chi connectivity index (χ0) is 13.7. The summed E-state index contributed by atoms with van der Waals surface area (Å²) in [5.41, 5.74) is 1.88. The van der Waals surface area contributed by atoms with Crippen LogP contribution in [-0.2, 0) is 0 Å². The molecular weight excluding hydrogens is 240 g/mol. The molecule has 2 aromatic carbocycles. The van der Waals surface area contributed by atoms with E-state index < -0.39 is 0 Å². The van der Waals surface area contributed by atoms with Gasteiger partial charge in [0.2, 0.25) is 0 Å². The molecule has 0 unspecified atom stereocenters. The molecule has 2 rings (SSSR count). The Morgan fingerprint density at radius 3 is 1.79 bits per heavy atom. The number of benzene rings is 2. The minimum atomic E-state index is 0.769. The summed E-state index contributed by atoms with van der Waals surface area (Å²) in [5, 5.41) is 0. The smallest absolute Gasteiger partial charge is 0.126 e. The molecule has 0 N–H and O–H groups in total. The maximum atomic E-state index is 5.38. The second-order valence-electron chi connectivity index (χ2n) is 3.96. The van der Waals surface area contributed by atoms with Crippen molar-refractivity contribution in [3.8, 4) is 17.2 Å². The lowest BCUT2D eigenvalue weighted by Gasteiger charge is -2.14. The summed E-state index contributed by atoms with van der Waals surface area (Å²) < 4.78 is 16.1. The zero-order valence-electron chi connectivity index (χ0n) is 11.3. The quantitative estimate of drug-likeness (QED) is 0.822. The molecule has 2 aromatic rings. The molecule has 0 heterocycles. The first-order valence-electron chi connectivity index (χ1n) is 5.99. The van der Waals surface area contributed by atoms with Gasteiger partial charge in [0.1, 0.15) is 17.2 Å². The van der Waals surface area contributed by atoms with Crippen LogP contribution in [-0.4, -0.2) is 21.3 Å². The van der Waals surface area contributed by atoms with E-state index in [1.165, 1.54) is 0 Å². The van der Waals surface area contributed by atoms with Crippen LogP contribution in [0.1, 0.15) is 11.1 Å². The second kappa shape index (κ2) is 6.14. The Hall–Kier alpha value is -2.16. The molecule has 3 nitrogen and oxygen atoms in total. The fraction of sp³-hybridized carbons (Fsp3) is 0.188. The maximum Gasteiger partial charge on any atom is 0.126 e. The van der Waals surface area contributed by atoms with Gasteiger partial charge in [-0.1, -0.05) is 24.3 Å². The van der Waals surface area contributed by atoms with E-state index in [0.717, 1.165) is 28.4 Å². The lowest BCUT2D eigenvalue weighted by Crippen LogP contribution is -1.98. The Morgan fingerprint density at radius 1 is 0.684 bits per heavy atom. The average Bonchev–Trinajstić information content (AvgIpc) is 2.48. The molecule has 0 spiro atoms. The third-order valence-corrected chi connectivity index (χ3v) is 2.90. The van der Waals surface area contributed by atoms with E-state index in [4.69, 9.17) is 14.2 Å². The summed E-state index contributed by atoms with van der Waals surface area (Å²) in [6.45, 7) is 0. The van der Waals surface area contributed by atoms with Crippen molar-refractivity contribution >= 4 is 0 Å². The summed E-state index contributed by atoms with van der Waals surface area (Å²) in [7, 11) is 4.95. The Kier molecular flexibility index (Phi) is 4.29. The lowest BCUT2D eigenvalue weighted by atomic mass is 10.0. The summed E-state index contributed by atoms with van der Waals surface area (Å²) in [6.07, 6.45) is 2.00. The minimum Gasteiger partial charge on any atom is -0.496 e. The monoisotopic (exact) mass is 257 g/mol. The van der Waals surface area contributed by atoms with E-state index >= 15 is 0 Å². The first-order valence-corrected chi connectivity index (χ1v) is 5.99. The first-order chi connectivity index (χ1) is 9.30. The minimum absolute atomic E-state index is 0.769. The second-order valence-corrected chi connectivity index (χ2v) is 3.96. The normalized spacial score (nSPS) is 10.1. The van der Waals surface area contributed by atoms with Crippen LogP contribution in [0.3, 0.4) is 0 Å². The van der Waals surface area contributed by atoms with Crippen LogP contribution in [0.15, 0.2) is 42.5 Å². The molecule has 0 amide bonds. The lowest BCUT2D eigenvalue weighted by molar-refractivity contribution is 0.389. The van der Waals surface area contributed by atoms with Gasteiger partial charge in [-0.15, -0.1) is 0 Å². The molecular formula is C16H17O3. The Labute approximate surface area is 113 Å². The van der Waals surface area contributed by atoms with Crippen molar-refractivity contribution in [2.75, 3.05) is 21.3 Å². The van der Waals surface area contributed by atoms with Gasteiger partial charge < -0.3 is 14.2 Å². The molecule has 0 saturated carbocycles. The number of methoxy groups -OCH3 is 3. The van der Waals surface area contributed by atoms with Gasteiger partial charge in [0, 0.05) is 17.5 Å². The number of para-hydroxylation sites is 1. The van der Waals surface area contributed by atoms with Crippen LogP contribution in [0.5, 0.6) is 17.2 Å². The van der Waals surface area contributed by atoms with Crippen molar-refractivity contribution in [1.29, 1.82) is 0 Å². The summed E-state index contributed by atoms with van der Waals surface area (Å²) in [4.78, 5) is 0. The molecule has 0 aromatic heterocycles. The summed E-state index contributed by atoms with van der Waals surface area (Å²) >= 11 is 0. The van der Waals surface area contributed by atoms with Gasteiger partial charge in [-0.3, -0.25) is 0 Å². The molecule has 0 aliphatic heterocycles. The molecule has 1 radical (unpaired) electrons. The standard InChI is InChI=1S/C16H17O3/c1-17-14-8-5-4-7-12(14)11-13-15(18-2)9-6-10-16(13)19-3/h4-11H,1-3H3. The van der Waals surface area contributed by atoms with E-state index in [1.54, 1.807) is 21.3 Å². The molecule has 3 heteroatoms. The van der Waals surface area contributed by atoms with Crippen molar-refractivity contribution < 1.29 is 14.2 Å². The molecule has 0 aliphatic rings. The maximum absolute atomic E-state index is 5.38. The van der Waals surface area contributed by atoms with E-state index in [9.17, 15) is 0 Å². The van der Waals surface area contributed by atoms with Gasteiger partial charge in [-0.2, -0.15) is 0 Å². The fourth-order valence-corrected chi connectivity index (χ4v) is 1.96. The van der Waals surface area contributed by atoms with Crippen molar-refractivity contribution in [1.82, 2.24) is 0 Å². The largest absolute Gasteiger partial charge is 0.496 e. The van der Waals surface area contributed by atoms with Crippen LogP contribution in [0.2, 0.25) is 0 Å². The number of ether oxygens (including phenoxy) is 3. The van der Waals surface area contributed by atoms with E-state index in [2.05, 4.69) is 0 Å². The van der Waals surface area contributed by atoms with Gasteiger partial charge in [-0.25, -0.2) is 0 Å². The molecule has 0 bridgehead atoms. The van der Waals surface area contributed by atoms with Crippen molar-refractivity contribution in [3.05, 3.63) is 60.0 Å². The molecule has 0 atom stereocenters. The molecule has 0 aliphatic carbocycles. The predicted octanol–water partition coefficient (Wildman–Crippen LogP) is 3.31. The van der Waals surface area contributed by atoms with Crippen LogP contribution in [0, 0.1) is 6.42 Å². The van der Waals surface area contributed by atoms with E-state index in [1.807, 2.05) is 48.9 Å². The van der Waals surface area contributed by atoms with Crippen molar-refractivity contribution in [3.63, 3.8) is 0 Å². The highest BCUT2D eigenvalue weighted by Gasteiger charge is 2.13. The van der Waals surface area contributed by atoms with Gasteiger partial charge in [-0.05, 0) is 18.2 Å². The summed E-state index contributed by atoms with van der Waals surface area (Å²) in [6, 6.07) is 13.5. The van der Waals surface area contributed by atoms with Crippen LogP contribution in [0.25, 0.3) is 0 Å². The number of hydrogen-bond donors (Lipinski definition) is 0. The van der Waals surface area contributed by atoms with E-state index in [-0.39, 0.29) is 0 Å². The van der Waals surface area contributed by atoms with Gasteiger partial charge in [0.15, 0.2) is 0 Å². The van der Waals surface area contributed by atoms with Crippen LogP contribution in [0.4, 0.5) is 0 Å². The fourth-order valence-electron chi connectivity index (χ4n) is 1.96. The SMILES string of the molecule is COc1ccccc1[CH]c1c(OC)cccc1OC. The van der Waals surface area contributed by atoms with Crippen molar-refractivity contribution in [2.45, 2.75) is 0 Å². The molecule has 0 saturated heterocycles. The van der Waals surface area contributed by atoms with Crippen LogP contribution >= 0.6 is 0 Å². The number of hydrogen-bond acceptors (Lipinski definition) is 3. The van der Waals surface area contributed by atoms with Gasteiger partial charge in [0.25, 0.3) is 0 Å². The Balaban J connectivity index is 2.42.